The number of carbonyl (C=O) groups excluding carboxylic acids is 1. The first-order valence-electron chi connectivity index (χ1n) is 7.43. The number of aromatic nitrogens is 2. The van der Waals surface area contributed by atoms with Gasteiger partial charge in [0.2, 0.25) is 5.91 Å². The van der Waals surface area contributed by atoms with E-state index in [0.717, 1.165) is 5.82 Å². The van der Waals surface area contributed by atoms with Crippen LogP contribution in [0.1, 0.15) is 24.7 Å². The number of nitrogens with zero attached hydrogens (tertiary/aromatic N) is 3. The quantitative estimate of drug-likeness (QED) is 0.823. The molecule has 0 bridgehead atoms. The van der Waals surface area contributed by atoms with Gasteiger partial charge in [0.1, 0.15) is 11.6 Å². The fourth-order valence-corrected chi connectivity index (χ4v) is 2.41. The van der Waals surface area contributed by atoms with E-state index >= 15 is 0 Å². The molecule has 2 aromatic rings. The Labute approximate surface area is 130 Å². The van der Waals surface area contributed by atoms with E-state index in [1.54, 1.807) is 30.3 Å². The van der Waals surface area contributed by atoms with Gasteiger partial charge in [0.25, 0.3) is 0 Å². The van der Waals surface area contributed by atoms with Crippen molar-refractivity contribution in [3.8, 4) is 0 Å². The van der Waals surface area contributed by atoms with Crippen molar-refractivity contribution < 1.29 is 9.18 Å². The molecule has 0 aliphatic rings. The lowest BCUT2D eigenvalue weighted by Crippen LogP contribution is -2.32. The third-order valence-electron chi connectivity index (χ3n) is 3.90. The number of hydrogen-bond donors (Lipinski definition) is 0. The number of imidazole rings is 1. The minimum absolute atomic E-state index is 0.0549. The topological polar surface area (TPSA) is 38.1 Å². The highest BCUT2D eigenvalue weighted by Crippen LogP contribution is 2.15. The van der Waals surface area contributed by atoms with Gasteiger partial charge in [-0.3, -0.25) is 4.79 Å². The van der Waals surface area contributed by atoms with Crippen molar-refractivity contribution in [3.63, 3.8) is 0 Å². The van der Waals surface area contributed by atoms with Crippen LogP contribution in [0.25, 0.3) is 0 Å². The maximum atomic E-state index is 13.6. The third-order valence-corrected chi connectivity index (χ3v) is 3.90. The summed E-state index contributed by atoms with van der Waals surface area (Å²) in [5, 5.41) is 0. The van der Waals surface area contributed by atoms with E-state index in [2.05, 4.69) is 4.98 Å². The van der Waals surface area contributed by atoms with E-state index in [4.69, 9.17) is 0 Å². The van der Waals surface area contributed by atoms with Crippen LogP contribution in [0, 0.1) is 11.7 Å². The Bertz CT molecular complexity index is 638. The van der Waals surface area contributed by atoms with Crippen molar-refractivity contribution in [1.29, 1.82) is 0 Å². The molecule has 1 unspecified atom stereocenters. The Balaban J connectivity index is 1.89. The molecule has 2 rings (SSSR count). The van der Waals surface area contributed by atoms with Gasteiger partial charge in [0.05, 0.1) is 6.54 Å². The third kappa shape index (κ3) is 3.93. The molecular weight excluding hydrogens is 281 g/mol. The second-order valence-corrected chi connectivity index (χ2v) is 5.68. The van der Waals surface area contributed by atoms with Crippen LogP contribution in [0.5, 0.6) is 0 Å². The van der Waals surface area contributed by atoms with Crippen molar-refractivity contribution in [1.82, 2.24) is 14.5 Å². The second-order valence-electron chi connectivity index (χ2n) is 5.68. The molecule has 5 heteroatoms. The van der Waals surface area contributed by atoms with Gasteiger partial charge in [0, 0.05) is 32.4 Å². The minimum atomic E-state index is -0.205. The molecule has 0 saturated carbocycles. The predicted molar refractivity (Wildman–Crippen MR) is 83.6 cm³/mol. The van der Waals surface area contributed by atoms with Crippen LogP contribution in [-0.2, 0) is 24.8 Å². The van der Waals surface area contributed by atoms with Gasteiger partial charge in [-0.1, -0.05) is 25.1 Å². The highest BCUT2D eigenvalue weighted by Gasteiger charge is 2.19. The summed E-state index contributed by atoms with van der Waals surface area (Å²) in [5.41, 5.74) is 0.661. The van der Waals surface area contributed by atoms with Gasteiger partial charge < -0.3 is 9.47 Å². The summed E-state index contributed by atoms with van der Waals surface area (Å²) in [6, 6.07) is 6.71. The Morgan fingerprint density at radius 2 is 2.14 bits per heavy atom. The largest absolute Gasteiger partial charge is 0.338 e. The predicted octanol–water partition coefficient (Wildman–Crippen LogP) is 2.79. The summed E-state index contributed by atoms with van der Waals surface area (Å²) in [5.74, 6) is 0.546. The van der Waals surface area contributed by atoms with Gasteiger partial charge in [-0.25, -0.2) is 9.37 Å². The molecule has 0 saturated heterocycles. The Morgan fingerprint density at radius 1 is 1.41 bits per heavy atom. The number of hydrogen-bond acceptors (Lipinski definition) is 2. The van der Waals surface area contributed by atoms with E-state index in [1.807, 2.05) is 30.8 Å². The Hall–Kier alpha value is -2.17. The summed E-state index contributed by atoms with van der Waals surface area (Å²) >= 11 is 0. The highest BCUT2D eigenvalue weighted by atomic mass is 19.1. The summed E-state index contributed by atoms with van der Waals surface area (Å²) in [6.45, 7) is 2.37. The molecule has 118 valence electrons. The summed E-state index contributed by atoms with van der Waals surface area (Å²) < 4.78 is 15.5. The highest BCUT2D eigenvalue weighted by molar-refractivity contribution is 5.78. The van der Waals surface area contributed by atoms with Gasteiger partial charge >= 0.3 is 0 Å². The number of benzene rings is 1. The van der Waals surface area contributed by atoms with Crippen LogP contribution in [0.15, 0.2) is 36.7 Å². The first kappa shape index (κ1) is 16.2. The SMILES string of the molecule is CC(CCc1ccccc1F)C(=O)N(C)Cc1nccn1C. The van der Waals surface area contributed by atoms with E-state index in [-0.39, 0.29) is 17.6 Å². The van der Waals surface area contributed by atoms with Crippen molar-refractivity contribution in [2.45, 2.75) is 26.3 Å². The average molecular weight is 303 g/mol. The standard InChI is InChI=1S/C17H22FN3O/c1-13(8-9-14-6-4-5-7-15(14)18)17(22)21(3)12-16-19-10-11-20(16)2/h4-7,10-11,13H,8-9,12H2,1-3H3. The van der Waals surface area contributed by atoms with Gasteiger partial charge in [-0.2, -0.15) is 0 Å². The molecule has 1 aromatic carbocycles. The van der Waals surface area contributed by atoms with E-state index in [9.17, 15) is 9.18 Å². The van der Waals surface area contributed by atoms with Gasteiger partial charge in [-0.15, -0.1) is 0 Å². The van der Waals surface area contributed by atoms with Crippen molar-refractivity contribution >= 4 is 5.91 Å². The maximum Gasteiger partial charge on any atom is 0.225 e. The molecule has 1 amide bonds. The summed E-state index contributed by atoms with van der Waals surface area (Å²) in [6.07, 6.45) is 4.77. The molecule has 0 fully saturated rings. The van der Waals surface area contributed by atoms with Crippen LogP contribution < -0.4 is 0 Å². The first-order valence-corrected chi connectivity index (χ1v) is 7.43. The molecular formula is C17H22FN3O. The van der Waals surface area contributed by atoms with Crippen LogP contribution >= 0.6 is 0 Å². The van der Waals surface area contributed by atoms with E-state index in [0.29, 0.717) is 24.9 Å². The number of rotatable bonds is 6. The molecule has 0 aliphatic carbocycles. The van der Waals surface area contributed by atoms with Crippen LogP contribution in [0.4, 0.5) is 4.39 Å². The molecule has 0 radical (unpaired) electrons. The minimum Gasteiger partial charge on any atom is -0.338 e. The zero-order valence-corrected chi connectivity index (χ0v) is 13.3. The lowest BCUT2D eigenvalue weighted by molar-refractivity contribution is -0.134. The normalized spacial score (nSPS) is 12.2. The van der Waals surface area contributed by atoms with Crippen LogP contribution in [0.3, 0.4) is 0 Å². The zero-order chi connectivity index (χ0) is 16.1. The molecule has 0 aliphatic heterocycles. The number of aryl methyl sites for hydroxylation is 2. The van der Waals surface area contributed by atoms with Crippen molar-refractivity contribution in [2.24, 2.45) is 13.0 Å². The Morgan fingerprint density at radius 3 is 2.77 bits per heavy atom. The smallest absolute Gasteiger partial charge is 0.225 e. The molecule has 4 nitrogen and oxygen atoms in total. The van der Waals surface area contributed by atoms with Crippen LogP contribution in [0.2, 0.25) is 0 Å². The summed E-state index contributed by atoms with van der Waals surface area (Å²) in [7, 11) is 3.68. The number of carbonyl (C=O) groups is 1. The molecule has 1 atom stereocenters. The van der Waals surface area contributed by atoms with Crippen molar-refractivity contribution in [2.75, 3.05) is 7.05 Å². The number of halogens is 1. The Kier molecular flexibility index (Phi) is 5.31. The fourth-order valence-electron chi connectivity index (χ4n) is 2.41. The molecule has 0 N–H and O–H groups in total. The lowest BCUT2D eigenvalue weighted by atomic mass is 9.99. The number of amides is 1. The molecule has 1 aromatic heterocycles. The zero-order valence-electron chi connectivity index (χ0n) is 13.3. The van der Waals surface area contributed by atoms with Crippen molar-refractivity contribution in [3.05, 3.63) is 53.9 Å². The second kappa shape index (κ2) is 7.20. The fraction of sp³-hybridized carbons (Fsp3) is 0.412. The average Bonchev–Trinajstić information content (AvgIpc) is 2.90. The summed E-state index contributed by atoms with van der Waals surface area (Å²) in [4.78, 5) is 18.3. The van der Waals surface area contributed by atoms with Crippen LogP contribution in [-0.4, -0.2) is 27.4 Å². The van der Waals surface area contributed by atoms with E-state index in [1.165, 1.54) is 6.07 Å². The van der Waals surface area contributed by atoms with Gasteiger partial charge in [0.15, 0.2) is 0 Å². The first-order chi connectivity index (χ1) is 10.5. The van der Waals surface area contributed by atoms with E-state index < -0.39 is 0 Å². The molecule has 0 spiro atoms. The maximum absolute atomic E-state index is 13.6. The monoisotopic (exact) mass is 303 g/mol. The molecule has 1 heterocycles. The van der Waals surface area contributed by atoms with Gasteiger partial charge in [-0.05, 0) is 24.5 Å². The lowest BCUT2D eigenvalue weighted by Gasteiger charge is -2.21. The molecule has 22 heavy (non-hydrogen) atoms.